The number of carbonyl (C=O) groups is 1. The largest absolute Gasteiger partial charge is 0.412 e. The maximum atomic E-state index is 11.6. The van der Waals surface area contributed by atoms with Crippen molar-refractivity contribution in [1.82, 2.24) is 5.32 Å². The third-order valence-corrected chi connectivity index (χ3v) is 4.06. The summed E-state index contributed by atoms with van der Waals surface area (Å²) < 4.78 is 28.4. The molecule has 0 heterocycles. The van der Waals surface area contributed by atoms with Gasteiger partial charge in [0.2, 0.25) is 10.0 Å². The van der Waals surface area contributed by atoms with Crippen molar-refractivity contribution in [2.75, 3.05) is 6.54 Å². The average Bonchev–Trinajstić information content (AvgIpc) is 2.53. The molecule has 0 aliphatic rings. The molecule has 0 unspecified atom stereocenters. The zero-order valence-electron chi connectivity index (χ0n) is 12.7. The van der Waals surface area contributed by atoms with Gasteiger partial charge in [-0.05, 0) is 30.2 Å². The molecule has 0 bridgehead atoms. The Bertz CT molecular complexity index is 786. The number of nitrogens with one attached hydrogen (secondary N) is 1. The molecule has 0 saturated heterocycles. The van der Waals surface area contributed by atoms with Crippen LogP contribution in [0.5, 0.6) is 5.75 Å². The summed E-state index contributed by atoms with van der Waals surface area (Å²) in [6.07, 6.45) is 0.294. The number of carbonyl (C=O) groups excluding carboxylic acids is 1. The Balaban J connectivity index is 2.23. The van der Waals surface area contributed by atoms with Gasteiger partial charge in [-0.3, -0.25) is 0 Å². The first-order valence-electron chi connectivity index (χ1n) is 7.09. The van der Waals surface area contributed by atoms with Crippen molar-refractivity contribution < 1.29 is 17.9 Å². The maximum Gasteiger partial charge on any atom is 0.412 e. The molecule has 0 aliphatic carbocycles. The van der Waals surface area contributed by atoms with E-state index in [4.69, 9.17) is 9.88 Å². The molecule has 2 rings (SSSR count). The van der Waals surface area contributed by atoms with Crippen molar-refractivity contribution in [3.63, 3.8) is 0 Å². The lowest BCUT2D eigenvalue weighted by atomic mass is 10.1. The minimum Gasteiger partial charge on any atom is -0.410 e. The normalized spacial score (nSPS) is 11.0. The van der Waals surface area contributed by atoms with E-state index in [1.807, 2.05) is 6.92 Å². The van der Waals surface area contributed by atoms with Crippen molar-refractivity contribution in [3.05, 3.63) is 48.5 Å². The van der Waals surface area contributed by atoms with E-state index in [0.717, 1.165) is 6.42 Å². The standard InChI is InChI=1S/C16H18N2O4S/c1-2-11-18-16(19)22-13-9-7-12(8-10-13)14-5-3-4-6-15(14)23(17,20)21/h3-10H,2,11H2,1H3,(H,18,19)(H2,17,20,21). The number of hydrogen-bond acceptors (Lipinski definition) is 4. The fourth-order valence-corrected chi connectivity index (χ4v) is 2.79. The summed E-state index contributed by atoms with van der Waals surface area (Å²) in [7, 11) is -3.82. The number of ether oxygens (including phenoxy) is 1. The van der Waals surface area contributed by atoms with Gasteiger partial charge in [0.05, 0.1) is 4.90 Å². The molecule has 3 N–H and O–H groups in total. The fourth-order valence-electron chi connectivity index (χ4n) is 2.03. The molecular formula is C16H18N2O4S. The number of sulfonamides is 1. The van der Waals surface area contributed by atoms with Gasteiger partial charge in [0, 0.05) is 12.1 Å². The molecule has 122 valence electrons. The monoisotopic (exact) mass is 334 g/mol. The zero-order chi connectivity index (χ0) is 16.9. The van der Waals surface area contributed by atoms with E-state index >= 15 is 0 Å². The summed E-state index contributed by atoms with van der Waals surface area (Å²) in [6.45, 7) is 2.48. The van der Waals surface area contributed by atoms with Gasteiger partial charge >= 0.3 is 6.09 Å². The number of rotatable bonds is 5. The van der Waals surface area contributed by atoms with Gasteiger partial charge in [0.25, 0.3) is 0 Å². The zero-order valence-corrected chi connectivity index (χ0v) is 13.5. The van der Waals surface area contributed by atoms with Crippen LogP contribution in [-0.2, 0) is 10.0 Å². The molecule has 0 fully saturated rings. The van der Waals surface area contributed by atoms with Gasteiger partial charge in [-0.2, -0.15) is 0 Å². The van der Waals surface area contributed by atoms with Crippen molar-refractivity contribution in [2.24, 2.45) is 5.14 Å². The molecule has 2 aromatic rings. The van der Waals surface area contributed by atoms with E-state index in [1.54, 1.807) is 42.5 Å². The Morgan fingerprint density at radius 3 is 2.39 bits per heavy atom. The van der Waals surface area contributed by atoms with E-state index in [9.17, 15) is 13.2 Å². The molecule has 0 saturated carbocycles. The Kier molecular flexibility index (Phi) is 5.36. The molecule has 6 nitrogen and oxygen atoms in total. The SMILES string of the molecule is CCCNC(=O)Oc1ccc(-c2ccccc2S(N)(=O)=O)cc1. The van der Waals surface area contributed by atoms with Crippen LogP contribution in [0.1, 0.15) is 13.3 Å². The van der Waals surface area contributed by atoms with Gasteiger partial charge in [-0.1, -0.05) is 37.3 Å². The van der Waals surface area contributed by atoms with E-state index in [0.29, 0.717) is 23.4 Å². The molecule has 1 amide bonds. The van der Waals surface area contributed by atoms with Gasteiger partial charge in [-0.25, -0.2) is 18.4 Å². The highest BCUT2D eigenvalue weighted by Crippen LogP contribution is 2.28. The predicted molar refractivity (Wildman–Crippen MR) is 87.6 cm³/mol. The summed E-state index contributed by atoms with van der Waals surface area (Å²) in [4.78, 5) is 11.5. The maximum absolute atomic E-state index is 11.6. The van der Waals surface area contributed by atoms with Gasteiger partial charge in [-0.15, -0.1) is 0 Å². The molecule has 0 atom stereocenters. The smallest absolute Gasteiger partial charge is 0.410 e. The van der Waals surface area contributed by atoms with Crippen LogP contribution in [0.2, 0.25) is 0 Å². The second-order valence-corrected chi connectivity index (χ2v) is 6.41. The third kappa shape index (κ3) is 4.54. The number of amides is 1. The van der Waals surface area contributed by atoms with Crippen LogP contribution in [0.25, 0.3) is 11.1 Å². The second-order valence-electron chi connectivity index (χ2n) is 4.88. The summed E-state index contributed by atoms with van der Waals surface area (Å²) in [5.74, 6) is 0.371. The minimum atomic E-state index is -3.82. The fraction of sp³-hybridized carbons (Fsp3) is 0.188. The summed E-state index contributed by atoms with van der Waals surface area (Å²) in [5, 5.41) is 7.83. The van der Waals surface area contributed by atoms with Gasteiger partial charge in [0.1, 0.15) is 5.75 Å². The predicted octanol–water partition coefficient (Wildman–Crippen LogP) is 2.50. The Morgan fingerprint density at radius 2 is 1.78 bits per heavy atom. The van der Waals surface area contributed by atoms with Crippen LogP contribution in [0, 0.1) is 0 Å². The number of hydrogen-bond donors (Lipinski definition) is 2. The Morgan fingerprint density at radius 1 is 1.13 bits per heavy atom. The number of benzene rings is 2. The summed E-state index contributed by atoms with van der Waals surface area (Å²) in [5.41, 5.74) is 1.16. The van der Waals surface area contributed by atoms with Crippen LogP contribution in [0.4, 0.5) is 4.79 Å². The first kappa shape index (κ1) is 17.0. The molecule has 0 radical (unpaired) electrons. The molecule has 0 aromatic heterocycles. The van der Waals surface area contributed by atoms with Crippen molar-refractivity contribution in [1.29, 1.82) is 0 Å². The first-order chi connectivity index (χ1) is 10.9. The van der Waals surface area contributed by atoms with Gasteiger partial charge < -0.3 is 10.1 Å². The molecule has 2 aromatic carbocycles. The van der Waals surface area contributed by atoms with Crippen molar-refractivity contribution >= 4 is 16.1 Å². The lowest BCUT2D eigenvalue weighted by Gasteiger charge is -2.09. The Labute approximate surface area is 135 Å². The molecule has 0 spiro atoms. The van der Waals surface area contributed by atoms with Crippen LogP contribution >= 0.6 is 0 Å². The van der Waals surface area contributed by atoms with Crippen LogP contribution in [0.3, 0.4) is 0 Å². The number of primary sulfonamides is 1. The molecule has 0 aliphatic heterocycles. The lowest BCUT2D eigenvalue weighted by molar-refractivity contribution is 0.200. The second kappa shape index (κ2) is 7.26. The quantitative estimate of drug-likeness (QED) is 0.877. The average molecular weight is 334 g/mol. The Hall–Kier alpha value is -2.38. The van der Waals surface area contributed by atoms with E-state index < -0.39 is 16.1 Å². The van der Waals surface area contributed by atoms with E-state index in [2.05, 4.69) is 5.32 Å². The topological polar surface area (TPSA) is 98.5 Å². The molecule has 7 heteroatoms. The summed E-state index contributed by atoms with van der Waals surface area (Å²) >= 11 is 0. The number of nitrogens with two attached hydrogens (primary N) is 1. The summed E-state index contributed by atoms with van der Waals surface area (Å²) in [6, 6.07) is 13.0. The van der Waals surface area contributed by atoms with Crippen LogP contribution in [-0.4, -0.2) is 21.1 Å². The third-order valence-electron chi connectivity index (χ3n) is 3.09. The molecule has 23 heavy (non-hydrogen) atoms. The van der Waals surface area contributed by atoms with Crippen LogP contribution < -0.4 is 15.2 Å². The first-order valence-corrected chi connectivity index (χ1v) is 8.64. The van der Waals surface area contributed by atoms with E-state index in [1.165, 1.54) is 6.07 Å². The van der Waals surface area contributed by atoms with E-state index in [-0.39, 0.29) is 4.90 Å². The highest BCUT2D eigenvalue weighted by atomic mass is 32.2. The molecular weight excluding hydrogens is 316 g/mol. The highest BCUT2D eigenvalue weighted by molar-refractivity contribution is 7.89. The lowest BCUT2D eigenvalue weighted by Crippen LogP contribution is -2.27. The highest BCUT2D eigenvalue weighted by Gasteiger charge is 2.14. The van der Waals surface area contributed by atoms with Gasteiger partial charge in [0.15, 0.2) is 0 Å². The minimum absolute atomic E-state index is 0.0503. The van der Waals surface area contributed by atoms with Crippen molar-refractivity contribution in [2.45, 2.75) is 18.2 Å². The van der Waals surface area contributed by atoms with Crippen molar-refractivity contribution in [3.8, 4) is 16.9 Å². The van der Waals surface area contributed by atoms with Crippen LogP contribution in [0.15, 0.2) is 53.4 Å².